The van der Waals surface area contributed by atoms with Crippen LogP contribution < -0.4 is 11.1 Å². The third-order valence-electron chi connectivity index (χ3n) is 3.65. The number of nitrogens with zero attached hydrogens (tertiary/aromatic N) is 1. The molecule has 0 radical (unpaired) electrons. The number of nitrogens with two attached hydrogens (primary N) is 1. The van der Waals surface area contributed by atoms with Crippen molar-refractivity contribution >= 4 is 5.91 Å². The highest BCUT2D eigenvalue weighted by Crippen LogP contribution is 2.17. The van der Waals surface area contributed by atoms with Crippen molar-refractivity contribution in [3.8, 4) is 0 Å². The van der Waals surface area contributed by atoms with Gasteiger partial charge in [0.15, 0.2) is 0 Å². The molecule has 3 atom stereocenters. The zero-order valence-electron chi connectivity index (χ0n) is 11.4. The number of nitrogens with one attached hydrogen (secondary N) is 1. The Morgan fingerprint density at radius 3 is 2.59 bits per heavy atom. The maximum Gasteiger partial charge on any atom is 0.239 e. The predicted molar refractivity (Wildman–Crippen MR) is 70.8 cm³/mol. The summed E-state index contributed by atoms with van der Waals surface area (Å²) in [7, 11) is 0. The fraction of sp³-hybridized carbons (Fsp3) is 0.923. The van der Waals surface area contributed by atoms with Gasteiger partial charge in [0.25, 0.3) is 0 Å². The van der Waals surface area contributed by atoms with E-state index in [4.69, 9.17) is 5.73 Å². The van der Waals surface area contributed by atoms with Crippen LogP contribution in [0.4, 0.5) is 0 Å². The van der Waals surface area contributed by atoms with E-state index in [2.05, 4.69) is 5.32 Å². The van der Waals surface area contributed by atoms with Crippen molar-refractivity contribution in [1.82, 2.24) is 10.2 Å². The third-order valence-corrected chi connectivity index (χ3v) is 3.65. The van der Waals surface area contributed by atoms with Crippen LogP contribution >= 0.6 is 0 Å². The van der Waals surface area contributed by atoms with Gasteiger partial charge < -0.3 is 16.0 Å². The zero-order valence-corrected chi connectivity index (χ0v) is 11.4. The molecule has 0 spiro atoms. The molecule has 0 aromatic rings. The highest BCUT2D eigenvalue weighted by molar-refractivity contribution is 5.81. The molecule has 0 heterocycles. The van der Waals surface area contributed by atoms with Crippen molar-refractivity contribution < 1.29 is 4.79 Å². The lowest BCUT2D eigenvalue weighted by Crippen LogP contribution is -2.50. The second-order valence-corrected chi connectivity index (χ2v) is 5.02. The molecule has 3 unspecified atom stereocenters. The van der Waals surface area contributed by atoms with Crippen LogP contribution in [0.3, 0.4) is 0 Å². The second kappa shape index (κ2) is 6.97. The molecular weight excluding hydrogens is 214 g/mol. The van der Waals surface area contributed by atoms with Gasteiger partial charge in [-0.05, 0) is 40.0 Å². The molecule has 0 aliphatic heterocycles. The van der Waals surface area contributed by atoms with Crippen molar-refractivity contribution in [3.05, 3.63) is 0 Å². The van der Waals surface area contributed by atoms with Gasteiger partial charge in [0.05, 0.1) is 6.04 Å². The molecule has 4 nitrogen and oxygen atoms in total. The maximum absolute atomic E-state index is 12.1. The molecule has 1 rings (SSSR count). The van der Waals surface area contributed by atoms with Crippen LogP contribution in [-0.2, 0) is 4.79 Å². The van der Waals surface area contributed by atoms with E-state index in [1.165, 1.54) is 6.42 Å². The molecule has 0 saturated heterocycles. The van der Waals surface area contributed by atoms with Crippen LogP contribution in [0.25, 0.3) is 0 Å². The standard InChI is InChI=1S/C13H27N3O/c1-4-16(5-2)13(17)10(3)15-12-8-6-7-11(14)9-12/h10-12,15H,4-9,14H2,1-3H3. The molecule has 1 aliphatic rings. The van der Waals surface area contributed by atoms with Gasteiger partial charge in [0, 0.05) is 25.2 Å². The van der Waals surface area contributed by atoms with E-state index in [0.717, 1.165) is 32.4 Å². The lowest BCUT2D eigenvalue weighted by atomic mass is 9.91. The van der Waals surface area contributed by atoms with Crippen molar-refractivity contribution in [1.29, 1.82) is 0 Å². The van der Waals surface area contributed by atoms with Gasteiger partial charge in [-0.25, -0.2) is 0 Å². The van der Waals surface area contributed by atoms with E-state index in [0.29, 0.717) is 12.1 Å². The summed E-state index contributed by atoms with van der Waals surface area (Å²) >= 11 is 0. The molecule has 1 amide bonds. The van der Waals surface area contributed by atoms with Gasteiger partial charge in [-0.2, -0.15) is 0 Å². The van der Waals surface area contributed by atoms with E-state index in [1.807, 2.05) is 25.7 Å². The summed E-state index contributed by atoms with van der Waals surface area (Å²) in [6.45, 7) is 7.56. The average molecular weight is 241 g/mol. The van der Waals surface area contributed by atoms with E-state index < -0.39 is 0 Å². The Bertz CT molecular complexity index is 241. The molecule has 0 aromatic carbocycles. The van der Waals surface area contributed by atoms with E-state index in [9.17, 15) is 4.79 Å². The number of hydrogen-bond donors (Lipinski definition) is 2. The molecule has 3 N–H and O–H groups in total. The lowest BCUT2D eigenvalue weighted by Gasteiger charge is -2.31. The van der Waals surface area contributed by atoms with Crippen LogP contribution in [0.5, 0.6) is 0 Å². The predicted octanol–water partition coefficient (Wildman–Crippen LogP) is 1.10. The fourth-order valence-electron chi connectivity index (χ4n) is 2.61. The topological polar surface area (TPSA) is 58.4 Å². The molecule has 1 saturated carbocycles. The molecule has 17 heavy (non-hydrogen) atoms. The number of carbonyl (C=O) groups is 1. The van der Waals surface area contributed by atoms with Crippen LogP contribution in [0.15, 0.2) is 0 Å². The monoisotopic (exact) mass is 241 g/mol. The Morgan fingerprint density at radius 1 is 1.41 bits per heavy atom. The minimum atomic E-state index is -0.0924. The number of amides is 1. The SMILES string of the molecule is CCN(CC)C(=O)C(C)NC1CCCC(N)C1. The molecular formula is C13H27N3O. The first-order valence-corrected chi connectivity index (χ1v) is 6.88. The minimum Gasteiger partial charge on any atom is -0.342 e. The first kappa shape index (κ1) is 14.5. The summed E-state index contributed by atoms with van der Waals surface area (Å²) in [4.78, 5) is 14.0. The van der Waals surface area contributed by atoms with Gasteiger partial charge in [-0.15, -0.1) is 0 Å². The number of carbonyl (C=O) groups excluding carboxylic acids is 1. The number of rotatable bonds is 5. The second-order valence-electron chi connectivity index (χ2n) is 5.02. The molecule has 0 aromatic heterocycles. The van der Waals surface area contributed by atoms with Crippen molar-refractivity contribution in [2.24, 2.45) is 5.73 Å². The van der Waals surface area contributed by atoms with Crippen LogP contribution in [0.2, 0.25) is 0 Å². The number of hydrogen-bond acceptors (Lipinski definition) is 3. The summed E-state index contributed by atoms with van der Waals surface area (Å²) in [5.41, 5.74) is 5.95. The molecule has 0 bridgehead atoms. The lowest BCUT2D eigenvalue weighted by molar-refractivity contribution is -0.132. The van der Waals surface area contributed by atoms with Gasteiger partial charge in [0.1, 0.15) is 0 Å². The zero-order chi connectivity index (χ0) is 12.8. The Morgan fingerprint density at radius 2 is 2.06 bits per heavy atom. The highest BCUT2D eigenvalue weighted by Gasteiger charge is 2.24. The summed E-state index contributed by atoms with van der Waals surface area (Å²) in [6.07, 6.45) is 4.43. The van der Waals surface area contributed by atoms with Gasteiger partial charge >= 0.3 is 0 Å². The highest BCUT2D eigenvalue weighted by atomic mass is 16.2. The largest absolute Gasteiger partial charge is 0.342 e. The Kier molecular flexibility index (Phi) is 5.92. The minimum absolute atomic E-state index is 0.0924. The Hall–Kier alpha value is -0.610. The first-order valence-electron chi connectivity index (χ1n) is 6.88. The normalized spacial score (nSPS) is 26.6. The summed E-state index contributed by atoms with van der Waals surface area (Å²) in [6, 6.07) is 0.621. The van der Waals surface area contributed by atoms with Crippen LogP contribution in [-0.4, -0.2) is 42.0 Å². The van der Waals surface area contributed by atoms with Gasteiger partial charge in [0.2, 0.25) is 5.91 Å². The van der Waals surface area contributed by atoms with Crippen molar-refractivity contribution in [2.45, 2.75) is 64.6 Å². The maximum atomic E-state index is 12.1. The van der Waals surface area contributed by atoms with E-state index in [1.54, 1.807) is 0 Å². The molecule has 100 valence electrons. The fourth-order valence-corrected chi connectivity index (χ4v) is 2.61. The Labute approximate surface area is 105 Å². The first-order chi connectivity index (χ1) is 8.08. The summed E-state index contributed by atoms with van der Waals surface area (Å²) < 4.78 is 0. The van der Waals surface area contributed by atoms with Gasteiger partial charge in [-0.1, -0.05) is 6.42 Å². The Balaban J connectivity index is 2.42. The van der Waals surface area contributed by atoms with Crippen molar-refractivity contribution in [2.75, 3.05) is 13.1 Å². The van der Waals surface area contributed by atoms with Crippen LogP contribution in [0, 0.1) is 0 Å². The van der Waals surface area contributed by atoms with E-state index >= 15 is 0 Å². The molecule has 1 aliphatic carbocycles. The third kappa shape index (κ3) is 4.28. The van der Waals surface area contributed by atoms with Gasteiger partial charge in [-0.3, -0.25) is 4.79 Å². The summed E-state index contributed by atoms with van der Waals surface area (Å²) in [5.74, 6) is 0.203. The molecule has 4 heteroatoms. The number of likely N-dealkylation sites (N-methyl/N-ethyl adjacent to an activating group) is 1. The smallest absolute Gasteiger partial charge is 0.239 e. The molecule has 1 fully saturated rings. The summed E-state index contributed by atoms with van der Waals surface area (Å²) in [5, 5.41) is 3.43. The van der Waals surface area contributed by atoms with Crippen LogP contribution in [0.1, 0.15) is 46.5 Å². The quantitative estimate of drug-likeness (QED) is 0.758. The van der Waals surface area contributed by atoms with Crippen molar-refractivity contribution in [3.63, 3.8) is 0 Å². The average Bonchev–Trinajstić information content (AvgIpc) is 2.30. The van der Waals surface area contributed by atoms with E-state index in [-0.39, 0.29) is 11.9 Å².